The summed E-state index contributed by atoms with van der Waals surface area (Å²) in [6.45, 7) is 3.97. The van der Waals surface area contributed by atoms with Crippen LogP contribution in [-0.4, -0.2) is 24.5 Å². The largest absolute Gasteiger partial charge is 0.497 e. The highest BCUT2D eigenvalue weighted by molar-refractivity contribution is 5.88. The van der Waals surface area contributed by atoms with Gasteiger partial charge in [-0.3, -0.25) is 4.99 Å². The third-order valence-corrected chi connectivity index (χ3v) is 2.29. The van der Waals surface area contributed by atoms with Crippen LogP contribution in [0.3, 0.4) is 0 Å². The fraction of sp³-hybridized carbons (Fsp3) is 0.417. The molecule has 3 nitrogen and oxygen atoms in total. The number of aliphatic hydroxyl groups is 1. The van der Waals surface area contributed by atoms with E-state index in [2.05, 4.69) is 4.99 Å². The van der Waals surface area contributed by atoms with Gasteiger partial charge in [-0.05, 0) is 25.0 Å². The summed E-state index contributed by atoms with van der Waals surface area (Å²) in [5.74, 6) is 0.785. The second kappa shape index (κ2) is 5.51. The molecule has 0 aliphatic heterocycles. The van der Waals surface area contributed by atoms with E-state index < -0.39 is 0 Å². The van der Waals surface area contributed by atoms with Crippen LogP contribution >= 0.6 is 0 Å². The number of ether oxygens (including phenoxy) is 1. The molecule has 0 amide bonds. The van der Waals surface area contributed by atoms with Crippen molar-refractivity contribution in [2.75, 3.05) is 13.7 Å². The molecule has 0 atom stereocenters. The zero-order chi connectivity index (χ0) is 11.3. The molecule has 82 valence electrons. The predicted octanol–water partition coefficient (Wildman–Crippen LogP) is 2.48. The molecule has 0 heterocycles. The van der Waals surface area contributed by atoms with Crippen LogP contribution in [0.5, 0.6) is 5.75 Å². The van der Waals surface area contributed by atoms with Crippen molar-refractivity contribution in [2.24, 2.45) is 4.99 Å². The van der Waals surface area contributed by atoms with Crippen molar-refractivity contribution in [2.45, 2.75) is 20.3 Å². The van der Waals surface area contributed by atoms with E-state index in [1.807, 2.05) is 32.0 Å². The van der Waals surface area contributed by atoms with E-state index >= 15 is 0 Å². The average Bonchev–Trinajstić information content (AvgIpc) is 2.28. The SMILES string of the molecule is CCC(CO)=Nc1cc(OC)ccc1C. The van der Waals surface area contributed by atoms with E-state index in [1.165, 1.54) is 0 Å². The van der Waals surface area contributed by atoms with E-state index in [4.69, 9.17) is 9.84 Å². The number of methoxy groups -OCH3 is 1. The number of benzene rings is 1. The summed E-state index contributed by atoms with van der Waals surface area (Å²) in [6.07, 6.45) is 0.757. The molecule has 1 aromatic carbocycles. The van der Waals surface area contributed by atoms with Crippen LogP contribution in [0.4, 0.5) is 5.69 Å². The lowest BCUT2D eigenvalue weighted by atomic mass is 10.2. The maximum Gasteiger partial charge on any atom is 0.121 e. The number of aliphatic hydroxyl groups excluding tert-OH is 1. The first kappa shape index (κ1) is 11.7. The first-order chi connectivity index (χ1) is 7.21. The highest BCUT2D eigenvalue weighted by Gasteiger charge is 2.01. The third kappa shape index (κ3) is 3.06. The second-order valence-corrected chi connectivity index (χ2v) is 3.34. The molecular weight excluding hydrogens is 190 g/mol. The highest BCUT2D eigenvalue weighted by atomic mass is 16.5. The molecule has 1 N–H and O–H groups in total. The predicted molar refractivity (Wildman–Crippen MR) is 62.2 cm³/mol. The van der Waals surface area contributed by atoms with Gasteiger partial charge in [-0.2, -0.15) is 0 Å². The standard InChI is InChI=1S/C12H17NO2/c1-4-10(8-14)13-12-7-11(15-3)6-5-9(12)2/h5-7,14H,4,8H2,1-3H3. The Morgan fingerprint density at radius 1 is 1.47 bits per heavy atom. The van der Waals surface area contributed by atoms with Crippen LogP contribution in [0.25, 0.3) is 0 Å². The summed E-state index contributed by atoms with van der Waals surface area (Å²) < 4.78 is 5.13. The molecule has 0 spiro atoms. The Hall–Kier alpha value is -1.35. The quantitative estimate of drug-likeness (QED) is 0.771. The summed E-state index contributed by atoms with van der Waals surface area (Å²) in [6, 6.07) is 5.74. The molecule has 0 fully saturated rings. The Kier molecular flexibility index (Phi) is 4.31. The number of nitrogens with zero attached hydrogens (tertiary/aromatic N) is 1. The van der Waals surface area contributed by atoms with Crippen LogP contribution in [-0.2, 0) is 0 Å². The number of hydrogen-bond donors (Lipinski definition) is 1. The Balaban J connectivity index is 3.06. The highest BCUT2D eigenvalue weighted by Crippen LogP contribution is 2.24. The van der Waals surface area contributed by atoms with E-state index in [-0.39, 0.29) is 6.61 Å². The van der Waals surface area contributed by atoms with Crippen molar-refractivity contribution in [1.29, 1.82) is 0 Å². The molecule has 0 saturated heterocycles. The van der Waals surface area contributed by atoms with Gasteiger partial charge < -0.3 is 9.84 Å². The third-order valence-electron chi connectivity index (χ3n) is 2.29. The zero-order valence-corrected chi connectivity index (χ0v) is 9.45. The molecular formula is C12H17NO2. The lowest BCUT2D eigenvalue weighted by Crippen LogP contribution is -2.01. The normalized spacial score (nSPS) is 11.6. The van der Waals surface area contributed by atoms with Gasteiger partial charge in [0.2, 0.25) is 0 Å². The number of aryl methyl sites for hydroxylation is 1. The van der Waals surface area contributed by atoms with Gasteiger partial charge in [-0.1, -0.05) is 13.0 Å². The van der Waals surface area contributed by atoms with Gasteiger partial charge in [-0.15, -0.1) is 0 Å². The van der Waals surface area contributed by atoms with Crippen molar-refractivity contribution < 1.29 is 9.84 Å². The van der Waals surface area contributed by atoms with Gasteiger partial charge in [0, 0.05) is 11.8 Å². The monoisotopic (exact) mass is 207 g/mol. The van der Waals surface area contributed by atoms with Crippen LogP contribution in [0, 0.1) is 6.92 Å². The summed E-state index contributed by atoms with van der Waals surface area (Å²) in [5, 5.41) is 9.04. The van der Waals surface area contributed by atoms with Crippen molar-refractivity contribution in [3.63, 3.8) is 0 Å². The number of aliphatic imine (C=N–C) groups is 1. The minimum atomic E-state index is 0.00709. The summed E-state index contributed by atoms with van der Waals surface area (Å²) in [7, 11) is 1.63. The fourth-order valence-corrected chi connectivity index (χ4v) is 1.23. The molecule has 0 aliphatic rings. The van der Waals surface area contributed by atoms with E-state index in [9.17, 15) is 0 Å². The maximum atomic E-state index is 9.04. The van der Waals surface area contributed by atoms with Gasteiger partial charge in [0.05, 0.1) is 19.4 Å². The van der Waals surface area contributed by atoms with Gasteiger partial charge in [0.15, 0.2) is 0 Å². The lowest BCUT2D eigenvalue weighted by Gasteiger charge is -2.05. The van der Waals surface area contributed by atoms with Crippen molar-refractivity contribution >= 4 is 11.4 Å². The average molecular weight is 207 g/mol. The molecule has 15 heavy (non-hydrogen) atoms. The Labute approximate surface area is 90.4 Å². The molecule has 1 rings (SSSR count). The van der Waals surface area contributed by atoms with E-state index in [1.54, 1.807) is 7.11 Å². The summed E-state index contributed by atoms with van der Waals surface area (Å²) in [5.41, 5.74) is 2.72. The smallest absolute Gasteiger partial charge is 0.121 e. The van der Waals surface area contributed by atoms with Gasteiger partial charge in [0.1, 0.15) is 5.75 Å². The number of hydrogen-bond acceptors (Lipinski definition) is 3. The van der Waals surface area contributed by atoms with Crippen LogP contribution in [0.1, 0.15) is 18.9 Å². The van der Waals surface area contributed by atoms with Crippen molar-refractivity contribution in [3.05, 3.63) is 23.8 Å². The van der Waals surface area contributed by atoms with Crippen LogP contribution in [0.2, 0.25) is 0 Å². The Morgan fingerprint density at radius 3 is 2.73 bits per heavy atom. The number of rotatable bonds is 4. The molecule has 3 heteroatoms. The van der Waals surface area contributed by atoms with Crippen molar-refractivity contribution in [1.82, 2.24) is 0 Å². The molecule has 0 aliphatic carbocycles. The van der Waals surface area contributed by atoms with E-state index in [0.29, 0.717) is 0 Å². The van der Waals surface area contributed by atoms with E-state index in [0.717, 1.165) is 29.1 Å². The molecule has 0 bridgehead atoms. The molecule has 0 saturated carbocycles. The first-order valence-electron chi connectivity index (χ1n) is 5.03. The van der Waals surface area contributed by atoms with Gasteiger partial charge in [-0.25, -0.2) is 0 Å². The van der Waals surface area contributed by atoms with Crippen LogP contribution in [0.15, 0.2) is 23.2 Å². The molecule has 0 aromatic heterocycles. The molecule has 0 radical (unpaired) electrons. The van der Waals surface area contributed by atoms with Crippen molar-refractivity contribution in [3.8, 4) is 5.75 Å². The molecule has 0 unspecified atom stereocenters. The Morgan fingerprint density at radius 2 is 2.20 bits per heavy atom. The fourth-order valence-electron chi connectivity index (χ4n) is 1.23. The molecule has 1 aromatic rings. The van der Waals surface area contributed by atoms with Crippen LogP contribution < -0.4 is 4.74 Å². The zero-order valence-electron chi connectivity index (χ0n) is 9.45. The maximum absolute atomic E-state index is 9.04. The minimum absolute atomic E-state index is 0.00709. The van der Waals surface area contributed by atoms with Gasteiger partial charge >= 0.3 is 0 Å². The topological polar surface area (TPSA) is 41.8 Å². The minimum Gasteiger partial charge on any atom is -0.497 e. The second-order valence-electron chi connectivity index (χ2n) is 3.34. The summed E-state index contributed by atoms with van der Waals surface area (Å²) in [4.78, 5) is 4.39. The summed E-state index contributed by atoms with van der Waals surface area (Å²) >= 11 is 0. The Bertz CT molecular complexity index is 353. The van der Waals surface area contributed by atoms with Gasteiger partial charge in [0.25, 0.3) is 0 Å². The lowest BCUT2D eigenvalue weighted by molar-refractivity contribution is 0.355. The first-order valence-corrected chi connectivity index (χ1v) is 5.03.